The molecule has 0 aliphatic rings. The number of nitrogens with one attached hydrogen (secondary N) is 1. The molecule has 0 aliphatic heterocycles. The fraction of sp³-hybridized carbons (Fsp3) is 0.286. The van der Waals surface area contributed by atoms with Crippen molar-refractivity contribution in [1.29, 1.82) is 0 Å². The number of rotatable bonds is 10. The highest BCUT2D eigenvalue weighted by atomic mass is 16.5. The van der Waals surface area contributed by atoms with Crippen LogP contribution >= 0.6 is 0 Å². The molecule has 0 aliphatic carbocycles. The van der Waals surface area contributed by atoms with E-state index < -0.39 is 6.10 Å². The fourth-order valence-corrected chi connectivity index (χ4v) is 2.31. The van der Waals surface area contributed by atoms with E-state index in [4.69, 9.17) is 4.74 Å². The van der Waals surface area contributed by atoms with Crippen molar-refractivity contribution >= 4 is 11.9 Å². The van der Waals surface area contributed by atoms with Crippen LogP contribution in [0.5, 0.6) is 5.75 Å². The van der Waals surface area contributed by atoms with E-state index in [1.165, 1.54) is 6.08 Å². The summed E-state index contributed by atoms with van der Waals surface area (Å²) in [5.41, 5.74) is 1.45. The lowest BCUT2D eigenvalue weighted by Crippen LogP contribution is -2.32. The van der Waals surface area contributed by atoms with Gasteiger partial charge in [-0.15, -0.1) is 0 Å². The lowest BCUT2D eigenvalue weighted by atomic mass is 10.1. The zero-order valence-electron chi connectivity index (χ0n) is 14.5. The SMILES string of the molecule is CCCNC[C@@H](O)COc1ccccc1C(=O)/C=C/c1ccccc1. The van der Waals surface area contributed by atoms with Crippen molar-refractivity contribution in [2.45, 2.75) is 19.4 Å². The zero-order valence-corrected chi connectivity index (χ0v) is 14.5. The maximum absolute atomic E-state index is 12.5. The minimum Gasteiger partial charge on any atom is -0.490 e. The van der Waals surface area contributed by atoms with Crippen molar-refractivity contribution in [2.24, 2.45) is 0 Å². The van der Waals surface area contributed by atoms with E-state index in [2.05, 4.69) is 12.2 Å². The smallest absolute Gasteiger partial charge is 0.189 e. The molecule has 0 fully saturated rings. The lowest BCUT2D eigenvalue weighted by molar-refractivity contribution is 0.0995. The van der Waals surface area contributed by atoms with Crippen molar-refractivity contribution in [3.63, 3.8) is 0 Å². The third-order valence-corrected chi connectivity index (χ3v) is 3.62. The minimum absolute atomic E-state index is 0.127. The number of aliphatic hydroxyl groups excluding tert-OH is 1. The normalized spacial score (nSPS) is 12.2. The van der Waals surface area contributed by atoms with Gasteiger partial charge in [0.15, 0.2) is 5.78 Å². The van der Waals surface area contributed by atoms with Crippen LogP contribution in [0.4, 0.5) is 0 Å². The van der Waals surface area contributed by atoms with Gasteiger partial charge < -0.3 is 15.2 Å². The van der Waals surface area contributed by atoms with Gasteiger partial charge in [0, 0.05) is 6.54 Å². The van der Waals surface area contributed by atoms with Crippen LogP contribution in [0.2, 0.25) is 0 Å². The first kappa shape index (κ1) is 18.9. The Labute approximate surface area is 149 Å². The highest BCUT2D eigenvalue weighted by Crippen LogP contribution is 2.19. The molecule has 132 valence electrons. The second-order valence-corrected chi connectivity index (χ2v) is 5.77. The summed E-state index contributed by atoms with van der Waals surface area (Å²) in [5, 5.41) is 13.1. The molecule has 0 amide bonds. The molecule has 0 spiro atoms. The van der Waals surface area contributed by atoms with Crippen LogP contribution in [0.1, 0.15) is 29.3 Å². The number of hydrogen-bond acceptors (Lipinski definition) is 4. The van der Waals surface area contributed by atoms with E-state index in [0.717, 1.165) is 18.5 Å². The van der Waals surface area contributed by atoms with Crippen LogP contribution in [-0.4, -0.2) is 36.7 Å². The molecule has 2 N–H and O–H groups in total. The Balaban J connectivity index is 1.97. The lowest BCUT2D eigenvalue weighted by Gasteiger charge is -2.14. The van der Waals surface area contributed by atoms with Gasteiger partial charge >= 0.3 is 0 Å². The predicted octanol–water partition coefficient (Wildman–Crippen LogP) is 3.32. The summed E-state index contributed by atoms with van der Waals surface area (Å²) >= 11 is 0. The molecule has 1 atom stereocenters. The Bertz CT molecular complexity index is 683. The summed E-state index contributed by atoms with van der Waals surface area (Å²) in [4.78, 5) is 12.5. The average molecular weight is 339 g/mol. The predicted molar refractivity (Wildman–Crippen MR) is 101 cm³/mol. The Hall–Kier alpha value is -2.43. The Morgan fingerprint density at radius 2 is 1.88 bits per heavy atom. The van der Waals surface area contributed by atoms with Crippen LogP contribution in [0, 0.1) is 0 Å². The molecule has 4 heteroatoms. The van der Waals surface area contributed by atoms with Crippen molar-refractivity contribution < 1.29 is 14.6 Å². The van der Waals surface area contributed by atoms with E-state index in [-0.39, 0.29) is 12.4 Å². The summed E-state index contributed by atoms with van der Waals surface area (Å²) in [6.45, 7) is 3.54. The van der Waals surface area contributed by atoms with E-state index in [0.29, 0.717) is 17.9 Å². The third kappa shape index (κ3) is 6.53. The molecule has 4 nitrogen and oxygen atoms in total. The largest absolute Gasteiger partial charge is 0.490 e. The van der Waals surface area contributed by atoms with E-state index >= 15 is 0 Å². The Kier molecular flexibility index (Phi) is 7.89. The first-order valence-electron chi connectivity index (χ1n) is 8.58. The standard InChI is InChI=1S/C21H25NO3/c1-2-14-22-15-18(23)16-25-21-11-7-6-10-19(21)20(24)13-12-17-8-4-3-5-9-17/h3-13,18,22-23H,2,14-16H2,1H3/b13-12+/t18-/m1/s1. The second-order valence-electron chi connectivity index (χ2n) is 5.77. The number of para-hydroxylation sites is 1. The molecule has 0 unspecified atom stereocenters. The highest BCUT2D eigenvalue weighted by molar-refractivity contribution is 6.08. The number of aliphatic hydroxyl groups is 1. The van der Waals surface area contributed by atoms with Crippen molar-refractivity contribution in [3.8, 4) is 5.75 Å². The molecule has 0 heterocycles. The Morgan fingerprint density at radius 3 is 2.64 bits per heavy atom. The summed E-state index contributed by atoms with van der Waals surface area (Å²) in [7, 11) is 0. The van der Waals surface area contributed by atoms with Crippen molar-refractivity contribution in [1.82, 2.24) is 5.32 Å². The summed E-state index contributed by atoms with van der Waals surface area (Å²) in [6.07, 6.45) is 3.72. The monoisotopic (exact) mass is 339 g/mol. The Morgan fingerprint density at radius 1 is 1.16 bits per heavy atom. The van der Waals surface area contributed by atoms with Gasteiger partial charge in [0.25, 0.3) is 0 Å². The zero-order chi connectivity index (χ0) is 17.9. The van der Waals surface area contributed by atoms with Gasteiger partial charge in [0.1, 0.15) is 18.5 Å². The van der Waals surface area contributed by atoms with Crippen LogP contribution < -0.4 is 10.1 Å². The molecular formula is C21H25NO3. The van der Waals surface area contributed by atoms with Gasteiger partial charge in [-0.05, 0) is 36.7 Å². The number of benzene rings is 2. The fourth-order valence-electron chi connectivity index (χ4n) is 2.31. The van der Waals surface area contributed by atoms with Gasteiger partial charge in [-0.3, -0.25) is 4.79 Å². The van der Waals surface area contributed by atoms with E-state index in [9.17, 15) is 9.90 Å². The number of ether oxygens (including phenoxy) is 1. The quantitative estimate of drug-likeness (QED) is 0.396. The number of carbonyl (C=O) groups excluding carboxylic acids is 1. The van der Waals surface area contributed by atoms with Gasteiger partial charge in [-0.2, -0.15) is 0 Å². The molecule has 2 aromatic rings. The average Bonchev–Trinajstić information content (AvgIpc) is 2.66. The van der Waals surface area contributed by atoms with Crippen molar-refractivity contribution in [3.05, 3.63) is 71.8 Å². The number of allylic oxidation sites excluding steroid dienone is 1. The second kappa shape index (κ2) is 10.4. The van der Waals surface area contributed by atoms with Gasteiger partial charge in [0.2, 0.25) is 0 Å². The topological polar surface area (TPSA) is 58.6 Å². The molecule has 0 aromatic heterocycles. The summed E-state index contributed by atoms with van der Waals surface area (Å²) < 4.78 is 5.66. The molecule has 25 heavy (non-hydrogen) atoms. The third-order valence-electron chi connectivity index (χ3n) is 3.62. The molecule has 0 saturated heterocycles. The van der Waals surface area contributed by atoms with Crippen LogP contribution in [0.3, 0.4) is 0 Å². The molecule has 0 bridgehead atoms. The van der Waals surface area contributed by atoms with Crippen molar-refractivity contribution in [2.75, 3.05) is 19.7 Å². The van der Waals surface area contributed by atoms with Gasteiger partial charge in [-0.25, -0.2) is 0 Å². The van der Waals surface area contributed by atoms with Gasteiger partial charge in [-0.1, -0.05) is 55.5 Å². The number of ketones is 1. The van der Waals surface area contributed by atoms with Crippen LogP contribution in [0.15, 0.2) is 60.7 Å². The first-order chi connectivity index (χ1) is 12.2. The summed E-state index contributed by atoms with van der Waals surface area (Å²) in [6, 6.07) is 16.7. The number of carbonyl (C=O) groups is 1. The van der Waals surface area contributed by atoms with E-state index in [1.807, 2.05) is 36.4 Å². The molecule has 2 aromatic carbocycles. The first-order valence-corrected chi connectivity index (χ1v) is 8.58. The molecule has 0 saturated carbocycles. The number of hydrogen-bond donors (Lipinski definition) is 2. The molecular weight excluding hydrogens is 314 g/mol. The van der Waals surface area contributed by atoms with E-state index in [1.54, 1.807) is 24.3 Å². The van der Waals surface area contributed by atoms with Crippen LogP contribution in [-0.2, 0) is 0 Å². The maximum atomic E-state index is 12.5. The summed E-state index contributed by atoms with van der Waals surface area (Å²) in [5.74, 6) is 0.359. The maximum Gasteiger partial charge on any atom is 0.189 e. The molecule has 2 rings (SSSR count). The molecule has 0 radical (unpaired) electrons. The highest BCUT2D eigenvalue weighted by Gasteiger charge is 2.11. The van der Waals surface area contributed by atoms with Crippen LogP contribution in [0.25, 0.3) is 6.08 Å². The van der Waals surface area contributed by atoms with Gasteiger partial charge in [0.05, 0.1) is 5.56 Å². The minimum atomic E-state index is -0.616.